The van der Waals surface area contributed by atoms with Crippen molar-refractivity contribution >= 4 is 44.4 Å². The van der Waals surface area contributed by atoms with Gasteiger partial charge in [0.15, 0.2) is 5.03 Å². The van der Waals surface area contributed by atoms with Crippen LogP contribution >= 0.6 is 22.9 Å². The molecule has 8 heteroatoms. The van der Waals surface area contributed by atoms with Crippen LogP contribution in [0.5, 0.6) is 0 Å². The predicted molar refractivity (Wildman–Crippen MR) is 137 cm³/mol. The Labute approximate surface area is 209 Å². The molecule has 0 unspecified atom stereocenters. The van der Waals surface area contributed by atoms with Crippen molar-refractivity contribution in [2.24, 2.45) is 0 Å². The molecule has 1 aliphatic heterocycles. The molecule has 2 aliphatic rings. The summed E-state index contributed by atoms with van der Waals surface area (Å²) in [6.45, 7) is 4.84. The van der Waals surface area contributed by atoms with Gasteiger partial charge in [-0.25, -0.2) is 13.4 Å². The minimum Gasteiger partial charge on any atom is -0.378 e. The molecular weight excluding hydrogens is 488 g/mol. The molecule has 1 fully saturated rings. The van der Waals surface area contributed by atoms with E-state index in [2.05, 4.69) is 28.1 Å². The second-order valence-corrected chi connectivity index (χ2v) is 11.9. The first-order valence-electron chi connectivity index (χ1n) is 11.2. The SMILES string of the molecule is Cc1ccc(S(=O)(=O)c2nc(C3=C(N4CCOCC4)C(=Cc4ccccc4)CC3)sc2Cl)cc1. The van der Waals surface area contributed by atoms with Crippen LogP contribution in [0, 0.1) is 6.92 Å². The van der Waals surface area contributed by atoms with E-state index >= 15 is 0 Å². The Morgan fingerprint density at radius 3 is 2.44 bits per heavy atom. The molecule has 0 spiro atoms. The molecule has 2 heterocycles. The molecule has 2 aromatic carbocycles. The van der Waals surface area contributed by atoms with E-state index in [1.807, 2.05) is 25.1 Å². The van der Waals surface area contributed by atoms with Crippen molar-refractivity contribution in [3.63, 3.8) is 0 Å². The first kappa shape index (κ1) is 23.3. The Morgan fingerprint density at radius 2 is 1.74 bits per heavy atom. The quantitative estimate of drug-likeness (QED) is 0.428. The van der Waals surface area contributed by atoms with Crippen molar-refractivity contribution in [3.8, 4) is 0 Å². The van der Waals surface area contributed by atoms with Gasteiger partial charge in [0.25, 0.3) is 0 Å². The summed E-state index contributed by atoms with van der Waals surface area (Å²) in [5.41, 5.74) is 5.56. The fraction of sp³-hybridized carbons (Fsp3) is 0.269. The van der Waals surface area contributed by atoms with Gasteiger partial charge in [-0.15, -0.1) is 11.3 Å². The number of ether oxygens (including phenoxy) is 1. The number of sulfone groups is 1. The molecule has 0 N–H and O–H groups in total. The predicted octanol–water partition coefficient (Wildman–Crippen LogP) is 5.86. The van der Waals surface area contributed by atoms with Gasteiger partial charge in [0.1, 0.15) is 9.34 Å². The fourth-order valence-electron chi connectivity index (χ4n) is 4.38. The Hall–Kier alpha value is -2.45. The van der Waals surface area contributed by atoms with E-state index in [0.717, 1.165) is 48.3 Å². The van der Waals surface area contributed by atoms with Crippen LogP contribution in [0.15, 0.2) is 75.8 Å². The summed E-state index contributed by atoms with van der Waals surface area (Å²) in [5, 5.41) is 0.612. The monoisotopic (exact) mass is 512 g/mol. The standard InChI is InChI=1S/C26H25ClN2O3S2/c1-18-7-10-21(11-8-18)34(30,31)26-24(27)33-25(28-26)22-12-9-20(17-19-5-3-2-4-6-19)23(22)29-13-15-32-16-14-29/h2-8,10-11,17H,9,12-16H2,1H3. The summed E-state index contributed by atoms with van der Waals surface area (Å²) in [4.78, 5) is 7.15. The number of benzene rings is 2. The van der Waals surface area contributed by atoms with Crippen molar-refractivity contribution in [2.45, 2.75) is 29.7 Å². The summed E-state index contributed by atoms with van der Waals surface area (Å²) in [6.07, 6.45) is 3.88. The van der Waals surface area contributed by atoms with Gasteiger partial charge in [0.2, 0.25) is 9.84 Å². The van der Waals surface area contributed by atoms with Crippen LogP contribution in [0.3, 0.4) is 0 Å². The molecule has 5 rings (SSSR count). The third kappa shape index (κ3) is 4.58. The maximum atomic E-state index is 13.3. The number of halogens is 1. The molecule has 1 saturated heterocycles. The van der Waals surface area contributed by atoms with Crippen LogP contribution in [0.1, 0.15) is 29.0 Å². The van der Waals surface area contributed by atoms with E-state index in [1.54, 1.807) is 24.3 Å². The Kier molecular flexibility index (Phi) is 6.62. The van der Waals surface area contributed by atoms with E-state index in [-0.39, 0.29) is 14.3 Å². The van der Waals surface area contributed by atoms with Crippen LogP contribution in [0.4, 0.5) is 0 Å². The van der Waals surface area contributed by atoms with Crippen molar-refractivity contribution in [3.05, 3.63) is 86.3 Å². The van der Waals surface area contributed by atoms with Gasteiger partial charge in [-0.3, -0.25) is 0 Å². The molecular formula is C26H25ClN2O3S2. The molecule has 1 aromatic heterocycles. The van der Waals surface area contributed by atoms with E-state index in [9.17, 15) is 8.42 Å². The van der Waals surface area contributed by atoms with Crippen LogP contribution in [0.25, 0.3) is 11.6 Å². The third-order valence-corrected chi connectivity index (χ3v) is 9.36. The summed E-state index contributed by atoms with van der Waals surface area (Å²) >= 11 is 7.74. The number of hydrogen-bond acceptors (Lipinski definition) is 6. The van der Waals surface area contributed by atoms with Gasteiger partial charge in [0.05, 0.1) is 18.1 Å². The maximum Gasteiger partial charge on any atom is 0.226 e. The number of aromatic nitrogens is 1. The molecule has 3 aromatic rings. The zero-order chi connectivity index (χ0) is 23.7. The van der Waals surface area contributed by atoms with E-state index < -0.39 is 9.84 Å². The Bertz CT molecular complexity index is 1350. The largest absolute Gasteiger partial charge is 0.378 e. The third-order valence-electron chi connectivity index (χ3n) is 6.10. The van der Waals surface area contributed by atoms with Gasteiger partial charge in [-0.1, -0.05) is 59.6 Å². The molecule has 0 bridgehead atoms. The second-order valence-electron chi connectivity index (χ2n) is 8.42. The van der Waals surface area contributed by atoms with E-state index in [1.165, 1.54) is 16.9 Å². The fourth-order valence-corrected chi connectivity index (χ4v) is 7.36. The Morgan fingerprint density at radius 1 is 1.03 bits per heavy atom. The van der Waals surface area contributed by atoms with Crippen molar-refractivity contribution in [2.75, 3.05) is 26.3 Å². The van der Waals surface area contributed by atoms with Crippen LogP contribution < -0.4 is 0 Å². The zero-order valence-electron chi connectivity index (χ0n) is 18.8. The zero-order valence-corrected chi connectivity index (χ0v) is 21.2. The highest BCUT2D eigenvalue weighted by Crippen LogP contribution is 2.44. The lowest BCUT2D eigenvalue weighted by molar-refractivity contribution is 0.0553. The molecule has 0 amide bonds. The summed E-state index contributed by atoms with van der Waals surface area (Å²) < 4.78 is 32.4. The van der Waals surface area contributed by atoms with Crippen molar-refractivity contribution < 1.29 is 13.2 Å². The number of morpholine rings is 1. The number of hydrogen-bond donors (Lipinski definition) is 0. The molecule has 5 nitrogen and oxygen atoms in total. The van der Waals surface area contributed by atoms with Crippen LogP contribution in [0.2, 0.25) is 4.34 Å². The van der Waals surface area contributed by atoms with Crippen molar-refractivity contribution in [1.29, 1.82) is 0 Å². The Balaban J connectivity index is 1.59. The highest BCUT2D eigenvalue weighted by Gasteiger charge is 2.32. The number of allylic oxidation sites excluding steroid dienone is 2. The summed E-state index contributed by atoms with van der Waals surface area (Å²) in [5.74, 6) is 0. The summed E-state index contributed by atoms with van der Waals surface area (Å²) in [7, 11) is -3.80. The summed E-state index contributed by atoms with van der Waals surface area (Å²) in [6, 6.07) is 17.0. The second kappa shape index (κ2) is 9.66. The van der Waals surface area contributed by atoms with Crippen molar-refractivity contribution in [1.82, 2.24) is 9.88 Å². The van der Waals surface area contributed by atoms with Gasteiger partial charge < -0.3 is 9.64 Å². The molecule has 0 saturated carbocycles. The van der Waals surface area contributed by atoms with Gasteiger partial charge >= 0.3 is 0 Å². The van der Waals surface area contributed by atoms with Gasteiger partial charge in [-0.05, 0) is 49.1 Å². The number of nitrogens with zero attached hydrogens (tertiary/aromatic N) is 2. The lowest BCUT2D eigenvalue weighted by atomic mass is 10.1. The number of rotatable bonds is 5. The molecule has 34 heavy (non-hydrogen) atoms. The maximum absolute atomic E-state index is 13.3. The average molecular weight is 513 g/mol. The minimum absolute atomic E-state index is 0.0627. The highest BCUT2D eigenvalue weighted by molar-refractivity contribution is 7.91. The smallest absolute Gasteiger partial charge is 0.226 e. The topological polar surface area (TPSA) is 59.5 Å². The highest BCUT2D eigenvalue weighted by atomic mass is 35.5. The van der Waals surface area contributed by atoms with Gasteiger partial charge in [-0.2, -0.15) is 0 Å². The first-order chi connectivity index (χ1) is 16.4. The number of aryl methyl sites for hydroxylation is 1. The van der Waals surface area contributed by atoms with Crippen LogP contribution in [-0.4, -0.2) is 44.6 Å². The molecule has 0 radical (unpaired) electrons. The van der Waals surface area contributed by atoms with E-state index in [4.69, 9.17) is 16.3 Å². The van der Waals surface area contributed by atoms with E-state index in [0.29, 0.717) is 18.2 Å². The molecule has 1 aliphatic carbocycles. The lowest BCUT2D eigenvalue weighted by Gasteiger charge is -2.31. The number of thiazole rings is 1. The normalized spacial score (nSPS) is 18.2. The molecule has 0 atom stereocenters. The average Bonchev–Trinajstić information content (AvgIpc) is 3.44. The van der Waals surface area contributed by atoms with Gasteiger partial charge in [0, 0.05) is 24.4 Å². The first-order valence-corrected chi connectivity index (χ1v) is 13.9. The minimum atomic E-state index is -3.80. The molecule has 176 valence electrons. The van der Waals surface area contributed by atoms with Crippen LogP contribution in [-0.2, 0) is 14.6 Å². The lowest BCUT2D eigenvalue weighted by Crippen LogP contribution is -2.36.